The van der Waals surface area contributed by atoms with Gasteiger partial charge in [0.05, 0.1) is 11.5 Å². The molecule has 1 aliphatic rings. The number of hydrogen-bond acceptors (Lipinski definition) is 4. The first-order chi connectivity index (χ1) is 13.2. The summed E-state index contributed by atoms with van der Waals surface area (Å²) in [5.41, 5.74) is 2.61. The summed E-state index contributed by atoms with van der Waals surface area (Å²) in [6.07, 6.45) is 0.401. The molecule has 0 saturated carbocycles. The largest absolute Gasteiger partial charge is 0.483 e. The minimum Gasteiger partial charge on any atom is -0.483 e. The van der Waals surface area contributed by atoms with Crippen LogP contribution in [0.5, 0.6) is 5.75 Å². The molecular weight excluding hydrogens is 381 g/mol. The van der Waals surface area contributed by atoms with Crippen LogP contribution in [-0.4, -0.2) is 43.4 Å². The zero-order valence-electron chi connectivity index (χ0n) is 16.0. The minimum absolute atomic E-state index is 0.0523. The number of nitrogens with zero attached hydrogens (tertiary/aromatic N) is 1. The van der Waals surface area contributed by atoms with Crippen molar-refractivity contribution < 1.29 is 22.3 Å². The summed E-state index contributed by atoms with van der Waals surface area (Å²) < 4.78 is 42.8. The third-order valence-corrected chi connectivity index (χ3v) is 6.73. The molecule has 0 unspecified atom stereocenters. The number of sulfone groups is 1. The van der Waals surface area contributed by atoms with Crippen LogP contribution in [0.3, 0.4) is 0 Å². The van der Waals surface area contributed by atoms with Gasteiger partial charge < -0.3 is 9.64 Å². The SMILES string of the molecule is Cc1cccc(C)c1OCC(=O)N(Cc1ccc(F)cc1)[C@H]1CCS(=O)(=O)C1. The monoisotopic (exact) mass is 405 g/mol. The molecule has 2 aromatic carbocycles. The molecule has 150 valence electrons. The molecule has 1 saturated heterocycles. The van der Waals surface area contributed by atoms with E-state index in [-0.39, 0.29) is 36.4 Å². The maximum Gasteiger partial charge on any atom is 0.261 e. The van der Waals surface area contributed by atoms with Gasteiger partial charge in [-0.15, -0.1) is 0 Å². The van der Waals surface area contributed by atoms with Gasteiger partial charge in [0.15, 0.2) is 16.4 Å². The lowest BCUT2D eigenvalue weighted by atomic mass is 10.1. The summed E-state index contributed by atoms with van der Waals surface area (Å²) in [6, 6.07) is 11.2. The molecule has 5 nitrogen and oxygen atoms in total. The van der Waals surface area contributed by atoms with Crippen molar-refractivity contribution >= 4 is 15.7 Å². The molecule has 0 radical (unpaired) electrons. The Hall–Kier alpha value is -2.41. The number of halogens is 1. The Morgan fingerprint density at radius 2 is 1.79 bits per heavy atom. The number of carbonyl (C=O) groups excluding carboxylic acids is 1. The van der Waals surface area contributed by atoms with Gasteiger partial charge in [-0.3, -0.25) is 4.79 Å². The van der Waals surface area contributed by atoms with E-state index in [2.05, 4.69) is 0 Å². The fourth-order valence-corrected chi connectivity index (χ4v) is 5.20. The summed E-state index contributed by atoms with van der Waals surface area (Å²) in [5.74, 6) is 0.0421. The van der Waals surface area contributed by atoms with Gasteiger partial charge in [-0.2, -0.15) is 0 Å². The summed E-state index contributed by atoms with van der Waals surface area (Å²) in [7, 11) is -3.15. The quantitative estimate of drug-likeness (QED) is 0.741. The number of carbonyl (C=O) groups is 1. The van der Waals surface area contributed by atoms with Gasteiger partial charge in [0.1, 0.15) is 11.6 Å². The van der Waals surface area contributed by atoms with Gasteiger partial charge in [-0.1, -0.05) is 30.3 Å². The van der Waals surface area contributed by atoms with Gasteiger partial charge in [-0.05, 0) is 49.1 Å². The topological polar surface area (TPSA) is 63.7 Å². The van der Waals surface area contributed by atoms with Gasteiger partial charge in [-0.25, -0.2) is 12.8 Å². The van der Waals surface area contributed by atoms with E-state index in [1.807, 2.05) is 32.0 Å². The number of amides is 1. The van der Waals surface area contributed by atoms with E-state index >= 15 is 0 Å². The third-order valence-electron chi connectivity index (χ3n) is 4.98. The first-order valence-corrected chi connectivity index (χ1v) is 11.0. The average Bonchev–Trinajstić information content (AvgIpc) is 3.00. The first-order valence-electron chi connectivity index (χ1n) is 9.18. The normalized spacial score (nSPS) is 18.0. The van der Waals surface area contributed by atoms with E-state index in [1.165, 1.54) is 12.1 Å². The minimum atomic E-state index is -3.15. The van der Waals surface area contributed by atoms with Crippen molar-refractivity contribution in [1.82, 2.24) is 4.90 Å². The highest BCUT2D eigenvalue weighted by molar-refractivity contribution is 7.91. The Balaban J connectivity index is 1.77. The second kappa shape index (κ2) is 8.31. The molecule has 28 heavy (non-hydrogen) atoms. The second-order valence-corrected chi connectivity index (χ2v) is 9.44. The molecule has 0 aromatic heterocycles. The average molecular weight is 405 g/mol. The van der Waals surface area contributed by atoms with Crippen molar-refractivity contribution in [3.63, 3.8) is 0 Å². The summed E-state index contributed by atoms with van der Waals surface area (Å²) in [5, 5.41) is 0. The zero-order chi connectivity index (χ0) is 20.3. The highest BCUT2D eigenvalue weighted by atomic mass is 32.2. The van der Waals surface area contributed by atoms with E-state index in [1.54, 1.807) is 17.0 Å². The molecule has 1 aliphatic heterocycles. The summed E-state index contributed by atoms with van der Waals surface area (Å²) in [6.45, 7) is 3.86. The number of hydrogen-bond donors (Lipinski definition) is 0. The van der Waals surface area contributed by atoms with Gasteiger partial charge in [0, 0.05) is 12.6 Å². The molecule has 2 aromatic rings. The van der Waals surface area contributed by atoms with Crippen LogP contribution in [0.2, 0.25) is 0 Å². The number of ether oxygens (including phenoxy) is 1. The molecule has 0 aliphatic carbocycles. The first kappa shape index (κ1) is 20.3. The number of aryl methyl sites for hydroxylation is 2. The van der Waals surface area contributed by atoms with Crippen molar-refractivity contribution in [2.24, 2.45) is 0 Å². The molecule has 0 bridgehead atoms. The van der Waals surface area contributed by atoms with E-state index in [9.17, 15) is 17.6 Å². The molecule has 0 N–H and O–H groups in total. The number of rotatable bonds is 6. The summed E-state index contributed by atoms with van der Waals surface area (Å²) >= 11 is 0. The van der Waals surface area contributed by atoms with E-state index in [0.29, 0.717) is 12.2 Å². The maximum absolute atomic E-state index is 13.2. The van der Waals surface area contributed by atoms with Crippen LogP contribution in [0, 0.1) is 19.7 Å². The Labute approximate surface area is 165 Å². The fourth-order valence-electron chi connectivity index (χ4n) is 3.47. The van der Waals surface area contributed by atoms with Gasteiger partial charge >= 0.3 is 0 Å². The summed E-state index contributed by atoms with van der Waals surface area (Å²) in [4.78, 5) is 14.5. The van der Waals surface area contributed by atoms with Crippen LogP contribution in [0.15, 0.2) is 42.5 Å². The highest BCUT2D eigenvalue weighted by Gasteiger charge is 2.34. The molecule has 1 fully saturated rings. The van der Waals surface area contributed by atoms with Gasteiger partial charge in [0.2, 0.25) is 0 Å². The predicted molar refractivity (Wildman–Crippen MR) is 105 cm³/mol. The van der Waals surface area contributed by atoms with Crippen molar-refractivity contribution in [3.8, 4) is 5.75 Å². The predicted octanol–water partition coefficient (Wildman–Crippen LogP) is 3.04. The van der Waals surface area contributed by atoms with E-state index in [0.717, 1.165) is 16.7 Å². The molecule has 3 rings (SSSR count). The Kier molecular flexibility index (Phi) is 6.03. The lowest BCUT2D eigenvalue weighted by Gasteiger charge is -2.28. The zero-order valence-corrected chi connectivity index (χ0v) is 16.8. The Bertz CT molecular complexity index is 937. The number of benzene rings is 2. The molecule has 7 heteroatoms. The Morgan fingerprint density at radius 1 is 1.14 bits per heavy atom. The molecule has 1 amide bonds. The lowest BCUT2D eigenvalue weighted by Crippen LogP contribution is -2.43. The van der Waals surface area contributed by atoms with Crippen LogP contribution >= 0.6 is 0 Å². The highest BCUT2D eigenvalue weighted by Crippen LogP contribution is 2.24. The van der Waals surface area contributed by atoms with Crippen LogP contribution in [0.4, 0.5) is 4.39 Å². The lowest BCUT2D eigenvalue weighted by molar-refractivity contribution is -0.136. The smallest absolute Gasteiger partial charge is 0.261 e. The standard InChI is InChI=1S/C21H24FNO4S/c1-15-4-3-5-16(2)21(15)27-13-20(24)23(19-10-11-28(25,26)14-19)12-17-6-8-18(22)9-7-17/h3-9,19H,10-14H2,1-2H3/t19-/m0/s1. The van der Waals surface area contributed by atoms with Crippen LogP contribution in [-0.2, 0) is 21.2 Å². The van der Waals surface area contributed by atoms with E-state index < -0.39 is 15.9 Å². The van der Waals surface area contributed by atoms with Crippen molar-refractivity contribution in [3.05, 3.63) is 65.0 Å². The number of para-hydroxylation sites is 1. The maximum atomic E-state index is 13.2. The molecule has 1 heterocycles. The third kappa shape index (κ3) is 4.90. The van der Waals surface area contributed by atoms with Crippen LogP contribution in [0.1, 0.15) is 23.1 Å². The Morgan fingerprint density at radius 3 is 2.36 bits per heavy atom. The van der Waals surface area contributed by atoms with Crippen molar-refractivity contribution in [2.75, 3.05) is 18.1 Å². The van der Waals surface area contributed by atoms with Gasteiger partial charge in [0.25, 0.3) is 5.91 Å². The van der Waals surface area contributed by atoms with Crippen molar-refractivity contribution in [1.29, 1.82) is 0 Å². The van der Waals surface area contributed by atoms with Crippen LogP contribution in [0.25, 0.3) is 0 Å². The fraction of sp³-hybridized carbons (Fsp3) is 0.381. The molecular formula is C21H24FNO4S. The second-order valence-electron chi connectivity index (χ2n) is 7.21. The van der Waals surface area contributed by atoms with Crippen molar-refractivity contribution in [2.45, 2.75) is 32.9 Å². The van der Waals surface area contributed by atoms with E-state index in [4.69, 9.17) is 4.74 Å². The molecule has 0 spiro atoms. The molecule has 1 atom stereocenters. The van der Waals surface area contributed by atoms with Crippen LogP contribution < -0.4 is 4.74 Å².